The predicted octanol–water partition coefficient (Wildman–Crippen LogP) is 12.2. The minimum atomic E-state index is -0.911. The monoisotopic (exact) mass is 728 g/mol. The average molecular weight is 729 g/mol. The first-order valence-electron chi connectivity index (χ1n) is 18.6. The second-order valence-electron chi connectivity index (χ2n) is 12.7. The van der Waals surface area contributed by atoms with Crippen LogP contribution in [0.1, 0.15) is 80.8 Å². The molecule has 6 heteroatoms. The number of benzene rings is 6. The maximum atomic E-state index is 12.0. The molecule has 0 unspecified atom stereocenters. The molecule has 1 N–H and O–H groups in total. The summed E-state index contributed by atoms with van der Waals surface area (Å²) in [5, 5.41) is 9.35. The molecule has 2 aliphatic rings. The Balaban J connectivity index is 0.000000179. The molecule has 276 valence electrons. The summed E-state index contributed by atoms with van der Waals surface area (Å²) in [7, 11) is 1.40. The van der Waals surface area contributed by atoms with Gasteiger partial charge in [0, 0.05) is 11.1 Å². The van der Waals surface area contributed by atoms with E-state index in [1.54, 1.807) is 12.1 Å². The van der Waals surface area contributed by atoms with Gasteiger partial charge in [0.2, 0.25) is 0 Å². The first-order valence-corrected chi connectivity index (χ1v) is 18.6. The van der Waals surface area contributed by atoms with Crippen LogP contribution in [0.25, 0.3) is 11.1 Å². The standard InChI is InChI=1S/C24H20O3.C23H18O3.C2H6/c1-26-24(25)18-15-14-17-8-7-12-20(22(17)16-18)21-11-5-6-13-23(21)27-19-9-3-2-4-10-19;24-23(25)17-14-13-16-7-6-11-19(21(16)15-17)20-10-4-5-12-22(20)26-18-8-2-1-3-9-18;1-2/h2-6,9-16H,7-8H2,1H3;1-5,8-15H,6-7H2,(H,24,25);1-2H3. The van der Waals surface area contributed by atoms with Gasteiger partial charge in [-0.25, -0.2) is 9.59 Å². The lowest BCUT2D eigenvalue weighted by Crippen LogP contribution is -2.07. The maximum absolute atomic E-state index is 12.0. The fraction of sp³-hybridized carbons (Fsp3) is 0.143. The van der Waals surface area contributed by atoms with Crippen molar-refractivity contribution in [2.75, 3.05) is 7.11 Å². The molecule has 0 radical (unpaired) electrons. The number of allylic oxidation sites excluding steroid dienone is 2. The number of hydrogen-bond acceptors (Lipinski definition) is 5. The quantitative estimate of drug-likeness (QED) is 0.157. The van der Waals surface area contributed by atoms with Gasteiger partial charge in [-0.1, -0.05) is 111 Å². The molecule has 6 nitrogen and oxygen atoms in total. The number of para-hydroxylation sites is 4. The van der Waals surface area contributed by atoms with Gasteiger partial charge in [-0.3, -0.25) is 0 Å². The fourth-order valence-corrected chi connectivity index (χ4v) is 6.73. The molecule has 0 heterocycles. The van der Waals surface area contributed by atoms with Crippen LogP contribution in [0.3, 0.4) is 0 Å². The molecule has 0 bridgehead atoms. The van der Waals surface area contributed by atoms with Crippen molar-refractivity contribution in [1.82, 2.24) is 0 Å². The zero-order valence-corrected chi connectivity index (χ0v) is 31.3. The Bertz CT molecular complexity index is 2320. The van der Waals surface area contributed by atoms with Gasteiger partial charge in [-0.15, -0.1) is 0 Å². The van der Waals surface area contributed by atoms with Gasteiger partial charge >= 0.3 is 11.9 Å². The molecule has 55 heavy (non-hydrogen) atoms. The normalized spacial score (nSPS) is 12.4. The zero-order chi connectivity index (χ0) is 38.6. The van der Waals surface area contributed by atoms with E-state index in [0.29, 0.717) is 11.1 Å². The summed E-state index contributed by atoms with van der Waals surface area (Å²) >= 11 is 0. The number of rotatable bonds is 8. The number of aromatic carboxylic acids is 1. The second-order valence-corrected chi connectivity index (χ2v) is 12.7. The van der Waals surface area contributed by atoms with E-state index in [1.165, 1.54) is 18.2 Å². The molecule has 0 saturated heterocycles. The van der Waals surface area contributed by atoms with Crippen LogP contribution in [0.2, 0.25) is 0 Å². The van der Waals surface area contributed by atoms with Crippen molar-refractivity contribution < 1.29 is 28.9 Å². The van der Waals surface area contributed by atoms with Crippen LogP contribution in [0.15, 0.2) is 158 Å². The summed E-state index contributed by atoms with van der Waals surface area (Å²) in [5.41, 5.74) is 9.41. The summed E-state index contributed by atoms with van der Waals surface area (Å²) in [5.74, 6) is 1.90. The third-order valence-corrected chi connectivity index (χ3v) is 9.29. The van der Waals surface area contributed by atoms with Crippen molar-refractivity contribution in [1.29, 1.82) is 0 Å². The molecule has 2 aliphatic carbocycles. The van der Waals surface area contributed by atoms with Crippen molar-refractivity contribution >= 4 is 23.1 Å². The first-order chi connectivity index (χ1) is 27.0. The number of aryl methyl sites for hydroxylation is 2. The summed E-state index contributed by atoms with van der Waals surface area (Å²) in [6.45, 7) is 4.00. The smallest absolute Gasteiger partial charge is 0.337 e. The lowest BCUT2D eigenvalue weighted by molar-refractivity contribution is 0.0599. The van der Waals surface area contributed by atoms with Gasteiger partial charge in [-0.2, -0.15) is 0 Å². The summed E-state index contributed by atoms with van der Waals surface area (Å²) in [4.78, 5) is 23.4. The number of fused-ring (bicyclic) bond motifs is 2. The fourth-order valence-electron chi connectivity index (χ4n) is 6.73. The molecule has 0 spiro atoms. The van der Waals surface area contributed by atoms with E-state index >= 15 is 0 Å². The molecular formula is C49H44O6. The maximum Gasteiger partial charge on any atom is 0.337 e. The van der Waals surface area contributed by atoms with Gasteiger partial charge in [0.1, 0.15) is 23.0 Å². The number of carboxylic acids is 1. The number of ether oxygens (including phenoxy) is 3. The summed E-state index contributed by atoms with van der Waals surface area (Å²) in [6.07, 6.45) is 8.15. The van der Waals surface area contributed by atoms with Crippen molar-refractivity contribution in [3.63, 3.8) is 0 Å². The number of methoxy groups -OCH3 is 1. The lowest BCUT2D eigenvalue weighted by Gasteiger charge is -2.21. The van der Waals surface area contributed by atoms with Gasteiger partial charge < -0.3 is 19.3 Å². The molecule has 0 aromatic heterocycles. The van der Waals surface area contributed by atoms with E-state index in [0.717, 1.165) is 82.1 Å². The minimum Gasteiger partial charge on any atom is -0.478 e. The molecule has 0 atom stereocenters. The Labute approximate surface area is 323 Å². The highest BCUT2D eigenvalue weighted by Gasteiger charge is 2.21. The van der Waals surface area contributed by atoms with Gasteiger partial charge in [0.25, 0.3) is 0 Å². The van der Waals surface area contributed by atoms with E-state index in [2.05, 4.69) is 18.2 Å². The third kappa shape index (κ3) is 9.11. The van der Waals surface area contributed by atoms with Gasteiger partial charge in [-0.05, 0) is 120 Å². The molecule has 6 aromatic rings. The lowest BCUT2D eigenvalue weighted by atomic mass is 9.85. The highest BCUT2D eigenvalue weighted by molar-refractivity contribution is 5.94. The van der Waals surface area contributed by atoms with Gasteiger partial charge in [0.15, 0.2) is 0 Å². The van der Waals surface area contributed by atoms with Gasteiger partial charge in [0.05, 0.1) is 18.2 Å². The zero-order valence-electron chi connectivity index (χ0n) is 31.3. The van der Waals surface area contributed by atoms with Crippen molar-refractivity contribution in [2.45, 2.75) is 39.5 Å². The molecule has 8 rings (SSSR count). The van der Waals surface area contributed by atoms with E-state index < -0.39 is 5.97 Å². The number of carbonyl (C=O) groups is 2. The SMILES string of the molecule is CC.COC(=O)c1ccc2c(c1)C(c1ccccc1Oc1ccccc1)=CCC2.O=C(O)c1ccc2c(c1)C(c1ccccc1Oc1ccccc1)=CCC2. The number of hydrogen-bond donors (Lipinski definition) is 1. The van der Waals surface area contributed by atoms with E-state index in [4.69, 9.17) is 14.2 Å². The molecule has 0 amide bonds. The minimum absolute atomic E-state index is 0.304. The Morgan fingerprint density at radius 3 is 1.38 bits per heavy atom. The van der Waals surface area contributed by atoms with Crippen molar-refractivity contribution in [3.8, 4) is 23.0 Å². The van der Waals surface area contributed by atoms with E-state index in [9.17, 15) is 14.7 Å². The Morgan fingerprint density at radius 1 is 0.509 bits per heavy atom. The number of carboxylic acid groups (broad SMARTS) is 1. The Kier molecular flexibility index (Phi) is 12.7. The van der Waals surface area contributed by atoms with Crippen LogP contribution in [-0.4, -0.2) is 24.2 Å². The molecular weight excluding hydrogens is 685 g/mol. The molecule has 0 aliphatic heterocycles. The number of esters is 1. The molecule has 0 saturated carbocycles. The third-order valence-electron chi connectivity index (χ3n) is 9.29. The van der Waals surface area contributed by atoms with Crippen LogP contribution in [0.4, 0.5) is 0 Å². The molecule has 0 fully saturated rings. The summed E-state index contributed by atoms with van der Waals surface area (Å²) in [6, 6.07) is 46.5. The second kappa shape index (κ2) is 18.4. The van der Waals surface area contributed by atoms with Crippen LogP contribution in [0, 0.1) is 0 Å². The average Bonchev–Trinajstić information content (AvgIpc) is 3.25. The van der Waals surface area contributed by atoms with Crippen LogP contribution in [-0.2, 0) is 17.6 Å². The topological polar surface area (TPSA) is 82.1 Å². The van der Waals surface area contributed by atoms with Crippen molar-refractivity contribution in [3.05, 3.63) is 202 Å². The number of carbonyl (C=O) groups excluding carboxylic acids is 1. The highest BCUT2D eigenvalue weighted by Crippen LogP contribution is 2.40. The van der Waals surface area contributed by atoms with E-state index in [-0.39, 0.29) is 5.97 Å². The Morgan fingerprint density at radius 2 is 0.927 bits per heavy atom. The predicted molar refractivity (Wildman–Crippen MR) is 219 cm³/mol. The van der Waals surface area contributed by atoms with Crippen LogP contribution in [0.5, 0.6) is 23.0 Å². The van der Waals surface area contributed by atoms with Crippen LogP contribution < -0.4 is 9.47 Å². The highest BCUT2D eigenvalue weighted by atomic mass is 16.5. The van der Waals surface area contributed by atoms with Crippen LogP contribution >= 0.6 is 0 Å². The Hall–Kier alpha value is -6.66. The van der Waals surface area contributed by atoms with E-state index in [1.807, 2.05) is 141 Å². The summed E-state index contributed by atoms with van der Waals surface area (Å²) < 4.78 is 17.1. The van der Waals surface area contributed by atoms with Crippen molar-refractivity contribution in [2.24, 2.45) is 0 Å². The first kappa shape index (κ1) is 38.1. The largest absolute Gasteiger partial charge is 0.478 e. The molecule has 6 aromatic carbocycles.